The molecule has 1 aromatic heterocycles. The minimum absolute atomic E-state index is 0.0622. The highest BCUT2D eigenvalue weighted by atomic mass is 16.1. The maximum Gasteiger partial charge on any atom is 0.257 e. The molecule has 1 aromatic rings. The third kappa shape index (κ3) is 2.68. The van der Waals surface area contributed by atoms with E-state index >= 15 is 0 Å². The van der Waals surface area contributed by atoms with Crippen molar-refractivity contribution in [1.29, 1.82) is 0 Å². The van der Waals surface area contributed by atoms with Crippen LogP contribution in [0.25, 0.3) is 0 Å². The molecule has 2 heterocycles. The minimum Gasteiger partial charge on any atom is -0.315 e. The third-order valence-electron chi connectivity index (χ3n) is 2.89. The van der Waals surface area contributed by atoms with Gasteiger partial charge in [-0.15, -0.1) is 0 Å². The molecule has 1 N–H and O–H groups in total. The van der Waals surface area contributed by atoms with Crippen LogP contribution < -0.4 is 10.9 Å². The largest absolute Gasteiger partial charge is 0.315 e. The summed E-state index contributed by atoms with van der Waals surface area (Å²) in [7, 11) is 1.74. The highest BCUT2D eigenvalue weighted by molar-refractivity contribution is 5.04. The number of hydrogen-bond donors (Lipinski definition) is 1. The van der Waals surface area contributed by atoms with E-state index in [1.807, 2.05) is 0 Å². The van der Waals surface area contributed by atoms with Gasteiger partial charge >= 0.3 is 0 Å². The predicted octanol–water partition coefficient (Wildman–Crippen LogP) is -0.424. The topological polar surface area (TPSA) is 50.2 Å². The van der Waals surface area contributed by atoms with Crippen molar-refractivity contribution in [2.24, 2.45) is 7.05 Å². The maximum atomic E-state index is 11.8. The van der Waals surface area contributed by atoms with Crippen LogP contribution in [0.2, 0.25) is 0 Å². The molecular weight excluding hydrogens is 204 g/mol. The van der Waals surface area contributed by atoms with Gasteiger partial charge in [0.05, 0.1) is 6.33 Å². The average molecular weight is 222 g/mol. The summed E-state index contributed by atoms with van der Waals surface area (Å²) in [6, 6.07) is 0. The van der Waals surface area contributed by atoms with Crippen LogP contribution in [0.1, 0.15) is 12.0 Å². The van der Waals surface area contributed by atoms with Crippen molar-refractivity contribution in [2.75, 3.05) is 26.2 Å². The SMILES string of the molecule is Cn1cncc(CN2CCCNCC2)c1=O. The zero-order valence-corrected chi connectivity index (χ0v) is 9.65. The van der Waals surface area contributed by atoms with Crippen LogP contribution in [-0.4, -0.2) is 40.6 Å². The van der Waals surface area contributed by atoms with Crippen molar-refractivity contribution in [2.45, 2.75) is 13.0 Å². The summed E-state index contributed by atoms with van der Waals surface area (Å²) in [4.78, 5) is 18.2. The summed E-state index contributed by atoms with van der Waals surface area (Å²) >= 11 is 0. The first-order chi connectivity index (χ1) is 7.77. The molecule has 0 amide bonds. The number of aryl methyl sites for hydroxylation is 1. The molecule has 0 unspecified atom stereocenters. The second kappa shape index (κ2) is 5.23. The zero-order valence-electron chi connectivity index (χ0n) is 9.65. The smallest absolute Gasteiger partial charge is 0.257 e. The predicted molar refractivity (Wildman–Crippen MR) is 62.2 cm³/mol. The van der Waals surface area contributed by atoms with Crippen molar-refractivity contribution in [1.82, 2.24) is 19.8 Å². The number of nitrogens with zero attached hydrogens (tertiary/aromatic N) is 3. The van der Waals surface area contributed by atoms with Gasteiger partial charge in [0.15, 0.2) is 0 Å². The summed E-state index contributed by atoms with van der Waals surface area (Å²) < 4.78 is 1.53. The van der Waals surface area contributed by atoms with E-state index in [2.05, 4.69) is 15.2 Å². The van der Waals surface area contributed by atoms with Crippen LogP contribution in [0.5, 0.6) is 0 Å². The number of nitrogens with one attached hydrogen (secondary N) is 1. The Hall–Kier alpha value is -1.20. The average Bonchev–Trinajstić information content (AvgIpc) is 2.53. The highest BCUT2D eigenvalue weighted by Crippen LogP contribution is 2.01. The first-order valence-electron chi connectivity index (χ1n) is 5.70. The van der Waals surface area contributed by atoms with Crippen LogP contribution in [0.4, 0.5) is 0 Å². The summed E-state index contributed by atoms with van der Waals surface area (Å²) in [5.74, 6) is 0. The lowest BCUT2D eigenvalue weighted by Gasteiger charge is -2.18. The molecule has 0 bridgehead atoms. The molecule has 0 saturated carbocycles. The Morgan fingerprint density at radius 1 is 1.44 bits per heavy atom. The first-order valence-corrected chi connectivity index (χ1v) is 5.70. The van der Waals surface area contributed by atoms with Gasteiger partial charge in [-0.1, -0.05) is 0 Å². The molecule has 5 nitrogen and oxygen atoms in total. The van der Waals surface area contributed by atoms with Crippen molar-refractivity contribution in [3.8, 4) is 0 Å². The summed E-state index contributed by atoms with van der Waals surface area (Å²) in [5.41, 5.74) is 0.846. The zero-order chi connectivity index (χ0) is 11.4. The van der Waals surface area contributed by atoms with Gasteiger partial charge in [-0.25, -0.2) is 4.98 Å². The fraction of sp³-hybridized carbons (Fsp3) is 0.636. The van der Waals surface area contributed by atoms with Crippen molar-refractivity contribution >= 4 is 0 Å². The number of rotatable bonds is 2. The highest BCUT2D eigenvalue weighted by Gasteiger charge is 2.11. The molecule has 88 valence electrons. The van der Waals surface area contributed by atoms with Gasteiger partial charge in [-0.2, -0.15) is 0 Å². The fourth-order valence-corrected chi connectivity index (χ4v) is 1.97. The molecule has 0 spiro atoms. The van der Waals surface area contributed by atoms with Crippen molar-refractivity contribution < 1.29 is 0 Å². The monoisotopic (exact) mass is 222 g/mol. The van der Waals surface area contributed by atoms with Crippen LogP contribution in [0.15, 0.2) is 17.3 Å². The summed E-state index contributed by atoms with van der Waals surface area (Å²) in [6.45, 7) is 4.83. The molecule has 16 heavy (non-hydrogen) atoms. The Bertz CT molecular complexity index is 393. The van der Waals surface area contributed by atoms with Crippen molar-refractivity contribution in [3.63, 3.8) is 0 Å². The van der Waals surface area contributed by atoms with Gasteiger partial charge in [0, 0.05) is 38.4 Å². The Kier molecular flexibility index (Phi) is 3.69. The van der Waals surface area contributed by atoms with Gasteiger partial charge in [-0.05, 0) is 19.5 Å². The fourth-order valence-electron chi connectivity index (χ4n) is 1.97. The van der Waals surface area contributed by atoms with Crippen LogP contribution in [0, 0.1) is 0 Å². The lowest BCUT2D eigenvalue weighted by atomic mass is 10.3. The second-order valence-electron chi connectivity index (χ2n) is 4.21. The van der Waals surface area contributed by atoms with Crippen LogP contribution in [0.3, 0.4) is 0 Å². The molecule has 0 aliphatic carbocycles. The summed E-state index contributed by atoms with van der Waals surface area (Å²) in [5, 5.41) is 3.35. The molecule has 5 heteroatoms. The summed E-state index contributed by atoms with van der Waals surface area (Å²) in [6.07, 6.45) is 4.37. The van der Waals surface area contributed by atoms with Crippen LogP contribution in [-0.2, 0) is 13.6 Å². The van der Waals surface area contributed by atoms with Gasteiger partial charge in [0.25, 0.3) is 5.56 Å². The molecular formula is C11H18N4O. The molecule has 1 aliphatic rings. The second-order valence-corrected chi connectivity index (χ2v) is 4.21. The van der Waals surface area contributed by atoms with E-state index in [-0.39, 0.29) is 5.56 Å². The van der Waals surface area contributed by atoms with Gasteiger partial charge in [-0.3, -0.25) is 9.69 Å². The minimum atomic E-state index is 0.0622. The molecule has 1 aliphatic heterocycles. The molecule has 2 rings (SSSR count). The maximum absolute atomic E-state index is 11.8. The van der Waals surface area contributed by atoms with E-state index in [9.17, 15) is 4.79 Å². The quantitative estimate of drug-likeness (QED) is 0.738. The van der Waals surface area contributed by atoms with E-state index in [1.165, 1.54) is 4.57 Å². The van der Waals surface area contributed by atoms with E-state index < -0.39 is 0 Å². The number of hydrogen-bond acceptors (Lipinski definition) is 4. The van der Waals surface area contributed by atoms with E-state index in [0.29, 0.717) is 6.54 Å². The van der Waals surface area contributed by atoms with E-state index in [0.717, 1.165) is 38.2 Å². The van der Waals surface area contributed by atoms with Crippen molar-refractivity contribution in [3.05, 3.63) is 28.4 Å². The Labute approximate surface area is 95.1 Å². The molecule has 0 aromatic carbocycles. The van der Waals surface area contributed by atoms with Gasteiger partial charge in [0.1, 0.15) is 0 Å². The molecule has 0 radical (unpaired) electrons. The van der Waals surface area contributed by atoms with Gasteiger partial charge in [0.2, 0.25) is 0 Å². The van der Waals surface area contributed by atoms with Gasteiger partial charge < -0.3 is 9.88 Å². The first kappa shape index (κ1) is 11.3. The molecule has 0 atom stereocenters. The standard InChI is InChI=1S/C11H18N4O/c1-14-9-13-7-10(11(14)16)8-15-5-2-3-12-4-6-15/h7,9,12H,2-6,8H2,1H3. The third-order valence-corrected chi connectivity index (χ3v) is 2.89. The Morgan fingerprint density at radius 3 is 3.19 bits per heavy atom. The van der Waals surface area contributed by atoms with Crippen LogP contribution >= 0.6 is 0 Å². The lowest BCUT2D eigenvalue weighted by molar-refractivity contribution is 0.282. The Morgan fingerprint density at radius 2 is 2.31 bits per heavy atom. The number of aromatic nitrogens is 2. The van der Waals surface area contributed by atoms with E-state index in [1.54, 1.807) is 19.6 Å². The molecule has 1 fully saturated rings. The normalized spacial score (nSPS) is 18.3. The lowest BCUT2D eigenvalue weighted by Crippen LogP contribution is -2.31. The van der Waals surface area contributed by atoms with E-state index in [4.69, 9.17) is 0 Å². The molecule has 1 saturated heterocycles. The Balaban J connectivity index is 2.07.